The van der Waals surface area contributed by atoms with E-state index in [2.05, 4.69) is 45.0 Å². The number of nitrogens with two attached hydrogens (primary N) is 1. The Labute approximate surface area is 122 Å². The monoisotopic (exact) mass is 322 g/mol. The van der Waals surface area contributed by atoms with Crippen molar-refractivity contribution in [3.63, 3.8) is 0 Å². The summed E-state index contributed by atoms with van der Waals surface area (Å²) in [5, 5.41) is 0. The highest BCUT2D eigenvalue weighted by Crippen LogP contribution is 2.24. The molecule has 0 aliphatic carbocycles. The summed E-state index contributed by atoms with van der Waals surface area (Å²) >= 11 is 3.50. The number of hydrogen-bond donors (Lipinski definition) is 1. The molecule has 102 valence electrons. The largest absolute Gasteiger partial charge is 0.496 e. The lowest BCUT2D eigenvalue weighted by Gasteiger charge is -2.10. The third-order valence-electron chi connectivity index (χ3n) is 2.96. The Kier molecular flexibility index (Phi) is 4.66. The van der Waals surface area contributed by atoms with Crippen molar-refractivity contribution in [1.29, 1.82) is 0 Å². The number of aromatic nitrogens is 1. The van der Waals surface area contributed by atoms with Gasteiger partial charge in [0.25, 0.3) is 0 Å². The zero-order valence-electron chi connectivity index (χ0n) is 11.3. The van der Waals surface area contributed by atoms with Gasteiger partial charge in [-0.2, -0.15) is 0 Å². The fourth-order valence-corrected chi connectivity index (χ4v) is 2.56. The van der Waals surface area contributed by atoms with E-state index in [1.54, 1.807) is 7.11 Å². The lowest BCUT2D eigenvalue weighted by molar-refractivity contribution is 0.408. The topological polar surface area (TPSA) is 40.2 Å². The zero-order valence-corrected chi connectivity index (χ0v) is 12.9. The first-order valence-electron chi connectivity index (χ1n) is 6.31. The summed E-state index contributed by atoms with van der Waals surface area (Å²) < 4.78 is 8.61. The van der Waals surface area contributed by atoms with E-state index >= 15 is 0 Å². The summed E-state index contributed by atoms with van der Waals surface area (Å²) in [5.74, 6) is 0.908. The molecule has 1 heterocycles. The quantitative estimate of drug-likeness (QED) is 0.918. The Hall–Kier alpha value is -1.26. The van der Waals surface area contributed by atoms with Crippen molar-refractivity contribution >= 4 is 15.9 Å². The van der Waals surface area contributed by atoms with Gasteiger partial charge in [0.2, 0.25) is 0 Å². The first-order chi connectivity index (χ1) is 9.08. The van der Waals surface area contributed by atoms with Gasteiger partial charge in [-0.3, -0.25) is 0 Å². The number of halogens is 1. The second-order valence-electron chi connectivity index (χ2n) is 4.83. The maximum absolute atomic E-state index is 5.82. The van der Waals surface area contributed by atoms with E-state index in [0.717, 1.165) is 28.8 Å². The molecule has 0 fully saturated rings. The van der Waals surface area contributed by atoms with E-state index in [9.17, 15) is 0 Å². The highest BCUT2D eigenvalue weighted by Gasteiger charge is 2.06. The van der Waals surface area contributed by atoms with Crippen molar-refractivity contribution in [3.05, 3.63) is 52.3 Å². The molecule has 1 aromatic heterocycles. The van der Waals surface area contributed by atoms with Crippen molar-refractivity contribution in [2.45, 2.75) is 25.9 Å². The van der Waals surface area contributed by atoms with Crippen molar-refractivity contribution in [2.24, 2.45) is 5.73 Å². The van der Waals surface area contributed by atoms with Gasteiger partial charge in [-0.05, 0) is 43.2 Å². The standard InChI is InChI=1S/C15H19BrN2O/c1-11(17)7-12-5-6-18(9-12)10-13-8-14(16)3-4-15(13)19-2/h3-6,8-9,11H,7,10,17H2,1-2H3. The first kappa shape index (κ1) is 14.2. The average molecular weight is 323 g/mol. The highest BCUT2D eigenvalue weighted by atomic mass is 79.9. The van der Waals surface area contributed by atoms with Gasteiger partial charge in [-0.15, -0.1) is 0 Å². The van der Waals surface area contributed by atoms with Crippen LogP contribution in [0.5, 0.6) is 5.75 Å². The molecule has 0 saturated heterocycles. The second kappa shape index (κ2) is 6.26. The van der Waals surface area contributed by atoms with E-state index in [4.69, 9.17) is 10.5 Å². The first-order valence-corrected chi connectivity index (χ1v) is 7.10. The highest BCUT2D eigenvalue weighted by molar-refractivity contribution is 9.10. The minimum atomic E-state index is 0.191. The van der Waals surface area contributed by atoms with Gasteiger partial charge >= 0.3 is 0 Å². The molecule has 0 aliphatic rings. The van der Waals surface area contributed by atoms with Crippen LogP contribution in [0.15, 0.2) is 41.1 Å². The Morgan fingerprint density at radius 1 is 1.37 bits per heavy atom. The average Bonchev–Trinajstić information content (AvgIpc) is 2.76. The molecule has 1 aromatic carbocycles. The van der Waals surface area contributed by atoms with E-state index in [0.29, 0.717) is 0 Å². The molecule has 4 heteroatoms. The fraction of sp³-hybridized carbons (Fsp3) is 0.333. The van der Waals surface area contributed by atoms with Crippen LogP contribution in [0.1, 0.15) is 18.1 Å². The molecule has 0 saturated carbocycles. The van der Waals surface area contributed by atoms with Crippen molar-refractivity contribution in [3.8, 4) is 5.75 Å². The van der Waals surface area contributed by atoms with E-state index in [-0.39, 0.29) is 6.04 Å². The van der Waals surface area contributed by atoms with Crippen molar-refractivity contribution in [2.75, 3.05) is 7.11 Å². The van der Waals surface area contributed by atoms with Gasteiger partial charge in [0.05, 0.1) is 13.7 Å². The molecule has 0 bridgehead atoms. The summed E-state index contributed by atoms with van der Waals surface area (Å²) in [6, 6.07) is 8.36. The van der Waals surface area contributed by atoms with Crippen LogP contribution in [0.4, 0.5) is 0 Å². The van der Waals surface area contributed by atoms with Crippen molar-refractivity contribution < 1.29 is 4.74 Å². The maximum Gasteiger partial charge on any atom is 0.123 e. The molecule has 2 aromatic rings. The molecule has 2 N–H and O–H groups in total. The van der Waals surface area contributed by atoms with Crippen LogP contribution in [0.3, 0.4) is 0 Å². The van der Waals surface area contributed by atoms with Crippen LogP contribution in [0.2, 0.25) is 0 Å². The summed E-state index contributed by atoms with van der Waals surface area (Å²) in [4.78, 5) is 0. The molecular formula is C15H19BrN2O. The Morgan fingerprint density at radius 3 is 2.84 bits per heavy atom. The Morgan fingerprint density at radius 2 is 2.16 bits per heavy atom. The summed E-state index contributed by atoms with van der Waals surface area (Å²) in [5.41, 5.74) is 8.24. The summed E-state index contributed by atoms with van der Waals surface area (Å²) in [6.07, 6.45) is 5.13. The van der Waals surface area contributed by atoms with Crippen LogP contribution in [-0.2, 0) is 13.0 Å². The second-order valence-corrected chi connectivity index (χ2v) is 5.75. The molecular weight excluding hydrogens is 304 g/mol. The van der Waals surface area contributed by atoms with E-state index < -0.39 is 0 Å². The van der Waals surface area contributed by atoms with Gasteiger partial charge in [0.15, 0.2) is 0 Å². The van der Waals surface area contributed by atoms with Gasteiger partial charge in [-0.25, -0.2) is 0 Å². The molecule has 0 amide bonds. The molecule has 3 nitrogen and oxygen atoms in total. The SMILES string of the molecule is COc1ccc(Br)cc1Cn1ccc(CC(C)N)c1. The Balaban J connectivity index is 2.16. The fourth-order valence-electron chi connectivity index (χ4n) is 2.15. The number of rotatable bonds is 5. The van der Waals surface area contributed by atoms with Crippen LogP contribution in [-0.4, -0.2) is 17.7 Å². The Bertz CT molecular complexity index is 549. The van der Waals surface area contributed by atoms with E-state index in [1.807, 2.05) is 19.1 Å². The molecule has 0 radical (unpaired) electrons. The predicted molar refractivity (Wildman–Crippen MR) is 81.6 cm³/mol. The summed E-state index contributed by atoms with van der Waals surface area (Å²) in [7, 11) is 1.70. The van der Waals surface area contributed by atoms with E-state index in [1.165, 1.54) is 5.56 Å². The lowest BCUT2D eigenvalue weighted by Crippen LogP contribution is -2.17. The van der Waals surface area contributed by atoms with Gasteiger partial charge in [0, 0.05) is 28.5 Å². The number of benzene rings is 1. The minimum absolute atomic E-state index is 0.191. The molecule has 19 heavy (non-hydrogen) atoms. The minimum Gasteiger partial charge on any atom is -0.496 e. The van der Waals surface area contributed by atoms with Crippen LogP contribution >= 0.6 is 15.9 Å². The van der Waals surface area contributed by atoms with Gasteiger partial charge in [0.1, 0.15) is 5.75 Å². The zero-order chi connectivity index (χ0) is 13.8. The molecule has 1 unspecified atom stereocenters. The van der Waals surface area contributed by atoms with Gasteiger partial charge < -0.3 is 15.0 Å². The number of nitrogens with zero attached hydrogens (tertiary/aromatic N) is 1. The van der Waals surface area contributed by atoms with Crippen LogP contribution in [0, 0.1) is 0 Å². The maximum atomic E-state index is 5.82. The number of methoxy groups -OCH3 is 1. The van der Waals surface area contributed by atoms with Crippen molar-refractivity contribution in [1.82, 2.24) is 4.57 Å². The molecule has 0 spiro atoms. The van der Waals surface area contributed by atoms with Gasteiger partial charge in [-0.1, -0.05) is 15.9 Å². The van der Waals surface area contributed by atoms with Crippen LogP contribution in [0.25, 0.3) is 0 Å². The molecule has 1 atom stereocenters. The summed E-state index contributed by atoms with van der Waals surface area (Å²) in [6.45, 7) is 2.82. The lowest BCUT2D eigenvalue weighted by atomic mass is 10.1. The van der Waals surface area contributed by atoms with Crippen LogP contribution < -0.4 is 10.5 Å². The third kappa shape index (κ3) is 3.85. The number of ether oxygens (including phenoxy) is 1. The smallest absolute Gasteiger partial charge is 0.123 e. The third-order valence-corrected chi connectivity index (χ3v) is 3.46. The molecule has 2 rings (SSSR count). The number of hydrogen-bond acceptors (Lipinski definition) is 2. The molecule has 0 aliphatic heterocycles. The predicted octanol–water partition coefficient (Wildman–Crippen LogP) is 3.20. The normalized spacial score (nSPS) is 12.4.